The van der Waals surface area contributed by atoms with E-state index in [0.717, 1.165) is 10.3 Å². The summed E-state index contributed by atoms with van der Waals surface area (Å²) in [7, 11) is -0.196. The Labute approximate surface area is 193 Å². The first-order valence-electron chi connectivity index (χ1n) is 12.1. The summed E-state index contributed by atoms with van der Waals surface area (Å²) in [4.78, 5) is 0. The van der Waals surface area contributed by atoms with Gasteiger partial charge in [-0.15, -0.1) is 0 Å². The van der Waals surface area contributed by atoms with Gasteiger partial charge >= 0.3 is 30.6 Å². The van der Waals surface area contributed by atoms with Gasteiger partial charge in [-0.05, 0) is 119 Å². The topological polar surface area (TPSA) is 0 Å². The van der Waals surface area contributed by atoms with Crippen LogP contribution in [0, 0.1) is 42.9 Å². The van der Waals surface area contributed by atoms with Crippen molar-refractivity contribution in [2.45, 2.75) is 107 Å². The van der Waals surface area contributed by atoms with Crippen molar-refractivity contribution in [3.63, 3.8) is 0 Å². The summed E-state index contributed by atoms with van der Waals surface area (Å²) in [6, 6.07) is 0. The number of unbranched alkanes of at least 4 members (excludes halogenated alkanes) is 1. The molecule has 3 heteroatoms. The Kier molecular flexibility index (Phi) is 7.18. The second kappa shape index (κ2) is 8.84. The first-order valence-corrected chi connectivity index (χ1v) is 17.4. The van der Waals surface area contributed by atoms with E-state index in [2.05, 4.69) is 37.5 Å². The minimum atomic E-state index is -0.196. The molecule has 0 aliphatic heterocycles. The van der Waals surface area contributed by atoms with E-state index >= 15 is 0 Å². The minimum Gasteiger partial charge on any atom is -0.358 e. The number of hydrogen-bond acceptors (Lipinski definition) is 0. The molecule has 28 heavy (non-hydrogen) atoms. The van der Waals surface area contributed by atoms with E-state index in [4.69, 9.17) is 0 Å². The van der Waals surface area contributed by atoms with Crippen LogP contribution in [0.4, 0.5) is 0 Å². The molecule has 0 aromatic carbocycles. The summed E-state index contributed by atoms with van der Waals surface area (Å²) >= 11 is 5.35. The second-order valence-electron chi connectivity index (χ2n) is 12.0. The summed E-state index contributed by atoms with van der Waals surface area (Å²) in [5.41, 5.74) is 0. The summed E-state index contributed by atoms with van der Waals surface area (Å²) in [5, 5.41) is 1.83. The molecular weight excluding hydrogens is 518 g/mol. The van der Waals surface area contributed by atoms with Gasteiger partial charge in [-0.3, -0.25) is 0 Å². The standard InChI is InChI=1S/C24H39P.CH3.BrH.Pd/c1-2-3-4-25(23-11-17-5-18(12-23)7-19(6-17)13-23)24-14-20-8-21(15-24)10-22(9-20)16-24;;;/h17-22H,2-16H2,1H3;1H3;1H;/q;-1;;+2. The van der Waals surface area contributed by atoms with E-state index in [1.54, 1.807) is 89.6 Å². The molecule has 8 saturated carbocycles. The molecule has 0 amide bonds. The number of rotatable bonds is 5. The van der Waals surface area contributed by atoms with Gasteiger partial charge in [0.15, 0.2) is 0 Å². The SMILES string of the molecule is CCCC[PH+](C12CC3CC(CC(C3)C1)C2)C12CC3CC(CC(C3)C1)C2.[Br][Pd+].[CH3-]. The zero-order chi connectivity index (χ0) is 18.6. The van der Waals surface area contributed by atoms with E-state index in [-0.39, 0.29) is 15.3 Å². The van der Waals surface area contributed by atoms with Gasteiger partial charge in [-0.1, -0.05) is 13.3 Å². The van der Waals surface area contributed by atoms with Crippen LogP contribution < -0.4 is 0 Å². The smallest absolute Gasteiger partial charge is 0.358 e. The van der Waals surface area contributed by atoms with E-state index in [1.807, 2.05) is 0 Å². The van der Waals surface area contributed by atoms with Crippen LogP contribution in [0.15, 0.2) is 0 Å². The first kappa shape index (κ1) is 22.8. The summed E-state index contributed by atoms with van der Waals surface area (Å²) in [6.07, 6.45) is 24.8. The zero-order valence-corrected chi connectivity index (χ0v) is 22.4. The van der Waals surface area contributed by atoms with Gasteiger partial charge in [0.25, 0.3) is 0 Å². The van der Waals surface area contributed by atoms with Crippen molar-refractivity contribution in [3.8, 4) is 0 Å². The van der Waals surface area contributed by atoms with Gasteiger partial charge in [0, 0.05) is 7.92 Å². The van der Waals surface area contributed by atoms with Crippen LogP contribution in [0.5, 0.6) is 0 Å². The molecule has 8 rings (SSSR count). The fourth-order valence-corrected chi connectivity index (χ4v) is 16.5. The Balaban J connectivity index is 0.000000622. The quantitative estimate of drug-likeness (QED) is 0.180. The molecular formula is C25H43BrPPd+. The average molecular weight is 561 g/mol. The average Bonchev–Trinajstić information content (AvgIpc) is 2.61. The maximum absolute atomic E-state index is 2.79. The fourth-order valence-electron chi connectivity index (χ4n) is 10.4. The monoisotopic (exact) mass is 559 g/mol. The molecule has 164 valence electrons. The Morgan fingerprint density at radius 2 is 0.964 bits per heavy atom. The maximum atomic E-state index is 2.79. The van der Waals surface area contributed by atoms with Crippen molar-refractivity contribution in [1.82, 2.24) is 0 Å². The minimum absolute atomic E-state index is 0. The van der Waals surface area contributed by atoms with E-state index in [9.17, 15) is 0 Å². The Morgan fingerprint density at radius 3 is 1.21 bits per heavy atom. The molecule has 8 aliphatic carbocycles. The number of halogens is 1. The third-order valence-corrected chi connectivity index (χ3v) is 14.8. The van der Waals surface area contributed by atoms with E-state index in [1.165, 1.54) is 41.9 Å². The summed E-state index contributed by atoms with van der Waals surface area (Å²) in [5.74, 6) is 7.01. The Bertz CT molecular complexity index is 432. The normalized spacial score (nSPS) is 50.7. The molecule has 0 spiro atoms. The maximum Gasteiger partial charge on any atom is -0.358 e. The largest absolute Gasteiger partial charge is 0.358 e. The number of hydrogen-bond donors (Lipinski definition) is 0. The van der Waals surface area contributed by atoms with Gasteiger partial charge in [0.05, 0.1) is 16.5 Å². The van der Waals surface area contributed by atoms with Crippen LogP contribution in [0.25, 0.3) is 0 Å². The molecule has 0 heterocycles. The Hall–Kier alpha value is 1.57. The van der Waals surface area contributed by atoms with Gasteiger partial charge in [-0.2, -0.15) is 0 Å². The van der Waals surface area contributed by atoms with Crippen molar-refractivity contribution in [2.24, 2.45) is 35.5 Å². The van der Waals surface area contributed by atoms with Crippen LogP contribution in [0.3, 0.4) is 0 Å². The second-order valence-corrected chi connectivity index (χ2v) is 15.6. The van der Waals surface area contributed by atoms with Crippen molar-refractivity contribution < 1.29 is 17.2 Å². The molecule has 0 aromatic rings. The molecule has 0 saturated heterocycles. The van der Waals surface area contributed by atoms with Gasteiger partial charge < -0.3 is 7.43 Å². The molecule has 0 nitrogen and oxygen atoms in total. The summed E-state index contributed by atoms with van der Waals surface area (Å²) < 4.78 is 0. The summed E-state index contributed by atoms with van der Waals surface area (Å²) in [6.45, 7) is 2.46. The van der Waals surface area contributed by atoms with Crippen LogP contribution in [0.1, 0.15) is 96.8 Å². The predicted molar refractivity (Wildman–Crippen MR) is 125 cm³/mol. The van der Waals surface area contributed by atoms with Gasteiger partial charge in [0.1, 0.15) is 0 Å². The fraction of sp³-hybridized carbons (Fsp3) is 0.960. The van der Waals surface area contributed by atoms with Crippen LogP contribution in [-0.4, -0.2) is 16.5 Å². The molecule has 8 bridgehead atoms. The van der Waals surface area contributed by atoms with E-state index in [0.29, 0.717) is 0 Å². The van der Waals surface area contributed by atoms with Crippen molar-refractivity contribution >= 4 is 21.4 Å². The van der Waals surface area contributed by atoms with Crippen molar-refractivity contribution in [3.05, 3.63) is 7.43 Å². The van der Waals surface area contributed by atoms with Crippen LogP contribution >= 0.6 is 21.4 Å². The van der Waals surface area contributed by atoms with Crippen molar-refractivity contribution in [1.29, 1.82) is 0 Å². The van der Waals surface area contributed by atoms with Crippen LogP contribution in [0.2, 0.25) is 0 Å². The molecule has 8 fully saturated rings. The van der Waals surface area contributed by atoms with Crippen LogP contribution in [-0.2, 0) is 17.2 Å². The zero-order valence-electron chi connectivity index (χ0n) is 18.3. The third-order valence-electron chi connectivity index (χ3n) is 10.1. The molecule has 8 aliphatic rings. The molecule has 0 unspecified atom stereocenters. The third kappa shape index (κ3) is 3.80. The predicted octanol–water partition coefficient (Wildman–Crippen LogP) is 8.23. The molecule has 0 N–H and O–H groups in total. The van der Waals surface area contributed by atoms with Gasteiger partial charge in [-0.25, -0.2) is 0 Å². The molecule has 0 aromatic heterocycles. The first-order chi connectivity index (χ1) is 13.2. The molecule has 0 atom stereocenters. The van der Waals surface area contributed by atoms with E-state index < -0.39 is 0 Å². The van der Waals surface area contributed by atoms with Crippen molar-refractivity contribution in [2.75, 3.05) is 6.16 Å². The Morgan fingerprint density at radius 1 is 0.679 bits per heavy atom. The molecule has 0 radical (unpaired) electrons. The van der Waals surface area contributed by atoms with Gasteiger partial charge in [0.2, 0.25) is 0 Å².